The maximum Gasteiger partial charge on any atom is 0.338 e. The highest BCUT2D eigenvalue weighted by molar-refractivity contribution is 9.10. The lowest BCUT2D eigenvalue weighted by atomic mass is 10.1. The molecule has 0 aromatic heterocycles. The number of hydrogen-bond acceptors (Lipinski definition) is 6. The average Bonchev–Trinajstić information content (AvgIpc) is 2.67. The molecule has 7 nitrogen and oxygen atoms in total. The molecule has 144 valence electrons. The van der Waals surface area contributed by atoms with Gasteiger partial charge in [-0.25, -0.2) is 4.79 Å². The summed E-state index contributed by atoms with van der Waals surface area (Å²) in [7, 11) is 4.41. The van der Waals surface area contributed by atoms with Crippen molar-refractivity contribution >= 4 is 33.5 Å². The van der Waals surface area contributed by atoms with Gasteiger partial charge >= 0.3 is 5.97 Å². The molecule has 2 aromatic carbocycles. The number of halogens is 1. The van der Waals surface area contributed by atoms with Crippen molar-refractivity contribution in [2.24, 2.45) is 0 Å². The summed E-state index contributed by atoms with van der Waals surface area (Å²) in [6.07, 6.45) is 0. The van der Waals surface area contributed by atoms with Gasteiger partial charge in [-0.15, -0.1) is 0 Å². The van der Waals surface area contributed by atoms with Crippen LogP contribution in [0.3, 0.4) is 0 Å². The molecule has 0 aliphatic rings. The zero-order chi connectivity index (χ0) is 20.0. The maximum atomic E-state index is 12.8. The zero-order valence-corrected chi connectivity index (χ0v) is 17.0. The van der Waals surface area contributed by atoms with Crippen LogP contribution < -0.4 is 19.5 Å². The van der Waals surface area contributed by atoms with Crippen LogP contribution in [0.1, 0.15) is 27.6 Å². The Morgan fingerprint density at radius 3 is 2.33 bits per heavy atom. The molecular weight excluding hydrogens is 418 g/mol. The molecule has 0 aliphatic carbocycles. The van der Waals surface area contributed by atoms with Gasteiger partial charge in [0.05, 0.1) is 43.5 Å². The molecule has 0 heterocycles. The summed E-state index contributed by atoms with van der Waals surface area (Å²) < 4.78 is 21.3. The van der Waals surface area contributed by atoms with E-state index in [1.165, 1.54) is 27.4 Å². The van der Waals surface area contributed by atoms with Crippen LogP contribution in [0.2, 0.25) is 0 Å². The van der Waals surface area contributed by atoms with Crippen LogP contribution in [0.15, 0.2) is 34.8 Å². The highest BCUT2D eigenvalue weighted by Crippen LogP contribution is 2.44. The Morgan fingerprint density at radius 2 is 1.74 bits per heavy atom. The monoisotopic (exact) mass is 437 g/mol. The molecule has 0 radical (unpaired) electrons. The Balaban J connectivity index is 2.36. The fourth-order valence-corrected chi connectivity index (χ4v) is 3.06. The van der Waals surface area contributed by atoms with E-state index in [-0.39, 0.29) is 12.2 Å². The second-order valence-electron chi connectivity index (χ2n) is 5.26. The van der Waals surface area contributed by atoms with Crippen LogP contribution in [-0.2, 0) is 4.74 Å². The van der Waals surface area contributed by atoms with E-state index >= 15 is 0 Å². The summed E-state index contributed by atoms with van der Waals surface area (Å²) in [5.74, 6) is 0.183. The second-order valence-corrected chi connectivity index (χ2v) is 6.06. The summed E-state index contributed by atoms with van der Waals surface area (Å²) in [5, 5.41) is 2.75. The number of methoxy groups -OCH3 is 3. The lowest BCUT2D eigenvalue weighted by molar-refractivity contribution is 0.0526. The third-order valence-corrected chi connectivity index (χ3v) is 4.43. The Labute approximate surface area is 165 Å². The Kier molecular flexibility index (Phi) is 7.06. The first kappa shape index (κ1) is 20.6. The van der Waals surface area contributed by atoms with Crippen molar-refractivity contribution in [1.29, 1.82) is 0 Å². The topological polar surface area (TPSA) is 83.1 Å². The number of carbonyl (C=O) groups excluding carboxylic acids is 2. The van der Waals surface area contributed by atoms with Crippen molar-refractivity contribution < 1.29 is 28.5 Å². The van der Waals surface area contributed by atoms with E-state index < -0.39 is 11.9 Å². The minimum Gasteiger partial charge on any atom is -0.493 e. The molecule has 0 unspecified atom stereocenters. The third kappa shape index (κ3) is 4.51. The normalized spacial score (nSPS) is 10.1. The van der Waals surface area contributed by atoms with Crippen LogP contribution in [0, 0.1) is 0 Å². The number of amides is 1. The zero-order valence-electron chi connectivity index (χ0n) is 15.4. The molecule has 1 N–H and O–H groups in total. The van der Waals surface area contributed by atoms with Gasteiger partial charge in [0.2, 0.25) is 5.75 Å². The molecule has 0 aliphatic heterocycles. The van der Waals surface area contributed by atoms with E-state index in [1.54, 1.807) is 31.2 Å². The van der Waals surface area contributed by atoms with E-state index in [1.807, 2.05) is 0 Å². The van der Waals surface area contributed by atoms with E-state index in [9.17, 15) is 9.59 Å². The van der Waals surface area contributed by atoms with Gasteiger partial charge in [-0.1, -0.05) is 6.07 Å². The van der Waals surface area contributed by atoms with Crippen LogP contribution in [0.5, 0.6) is 17.2 Å². The number of ether oxygens (including phenoxy) is 4. The highest BCUT2D eigenvalue weighted by Gasteiger charge is 2.23. The average molecular weight is 438 g/mol. The number of carbonyl (C=O) groups is 2. The molecule has 2 aromatic rings. The molecule has 27 heavy (non-hydrogen) atoms. The van der Waals surface area contributed by atoms with Crippen molar-refractivity contribution in [2.45, 2.75) is 6.92 Å². The number of esters is 1. The molecule has 0 fully saturated rings. The molecular formula is C19H20BrNO6. The number of rotatable bonds is 7. The molecule has 0 spiro atoms. The molecule has 2 rings (SSSR count). The molecule has 0 atom stereocenters. The smallest absolute Gasteiger partial charge is 0.338 e. The van der Waals surface area contributed by atoms with E-state index in [0.29, 0.717) is 33.0 Å². The van der Waals surface area contributed by atoms with Crippen LogP contribution in [-0.4, -0.2) is 39.8 Å². The maximum absolute atomic E-state index is 12.8. The number of hydrogen-bond donors (Lipinski definition) is 1. The molecule has 0 saturated heterocycles. The van der Waals surface area contributed by atoms with Gasteiger partial charge in [0.15, 0.2) is 11.5 Å². The predicted octanol–water partition coefficient (Wildman–Crippen LogP) is 3.90. The lowest BCUT2D eigenvalue weighted by Gasteiger charge is -2.16. The Hall–Kier alpha value is -2.74. The SMILES string of the molecule is CCOC(=O)c1cccc(NC(=O)c2cc(OC)c(OC)c(OC)c2Br)c1. The van der Waals surface area contributed by atoms with Gasteiger partial charge in [0, 0.05) is 5.69 Å². The van der Waals surface area contributed by atoms with Gasteiger partial charge in [-0.2, -0.15) is 0 Å². The van der Waals surface area contributed by atoms with Gasteiger partial charge in [0.25, 0.3) is 5.91 Å². The first-order valence-electron chi connectivity index (χ1n) is 8.03. The van der Waals surface area contributed by atoms with Crippen LogP contribution in [0.4, 0.5) is 5.69 Å². The quantitative estimate of drug-likeness (QED) is 0.661. The van der Waals surface area contributed by atoms with Crippen molar-refractivity contribution in [2.75, 3.05) is 33.3 Å². The van der Waals surface area contributed by atoms with Crippen LogP contribution in [0.25, 0.3) is 0 Å². The number of nitrogens with one attached hydrogen (secondary N) is 1. The lowest BCUT2D eigenvalue weighted by Crippen LogP contribution is -2.14. The van der Waals surface area contributed by atoms with E-state index in [2.05, 4.69) is 21.2 Å². The van der Waals surface area contributed by atoms with Crippen molar-refractivity contribution in [3.63, 3.8) is 0 Å². The van der Waals surface area contributed by atoms with Gasteiger partial charge in [0.1, 0.15) is 0 Å². The Bertz CT molecular complexity index is 852. The number of anilines is 1. The summed E-state index contributed by atoms with van der Waals surface area (Å²) >= 11 is 3.37. The third-order valence-electron chi connectivity index (χ3n) is 3.65. The van der Waals surface area contributed by atoms with E-state index in [0.717, 1.165) is 0 Å². The summed E-state index contributed by atoms with van der Waals surface area (Å²) in [6, 6.07) is 8.03. The Morgan fingerprint density at radius 1 is 1.04 bits per heavy atom. The first-order valence-corrected chi connectivity index (χ1v) is 8.83. The largest absolute Gasteiger partial charge is 0.493 e. The highest BCUT2D eigenvalue weighted by atomic mass is 79.9. The summed E-state index contributed by atoms with van der Waals surface area (Å²) in [4.78, 5) is 24.6. The van der Waals surface area contributed by atoms with E-state index in [4.69, 9.17) is 18.9 Å². The van der Waals surface area contributed by atoms with Gasteiger partial charge in [-0.3, -0.25) is 4.79 Å². The molecule has 0 saturated carbocycles. The number of benzene rings is 2. The second kappa shape index (κ2) is 9.27. The molecule has 1 amide bonds. The molecule has 8 heteroatoms. The van der Waals surface area contributed by atoms with Crippen molar-refractivity contribution in [3.05, 3.63) is 45.9 Å². The summed E-state index contributed by atoms with van der Waals surface area (Å²) in [6.45, 7) is 2.00. The van der Waals surface area contributed by atoms with Crippen LogP contribution >= 0.6 is 15.9 Å². The fraction of sp³-hybridized carbons (Fsp3) is 0.263. The minimum absolute atomic E-state index is 0.272. The van der Waals surface area contributed by atoms with Gasteiger partial charge < -0.3 is 24.3 Å². The predicted molar refractivity (Wildman–Crippen MR) is 104 cm³/mol. The van der Waals surface area contributed by atoms with Crippen molar-refractivity contribution in [3.8, 4) is 17.2 Å². The minimum atomic E-state index is -0.456. The molecule has 0 bridgehead atoms. The van der Waals surface area contributed by atoms with Crippen molar-refractivity contribution in [1.82, 2.24) is 0 Å². The van der Waals surface area contributed by atoms with Gasteiger partial charge in [-0.05, 0) is 47.1 Å². The standard InChI is InChI=1S/C19H20BrNO6/c1-5-27-19(23)11-7-6-8-12(9-11)21-18(22)13-10-14(24-2)16(25-3)17(26-4)15(13)20/h6-10H,5H2,1-4H3,(H,21,22). The fourth-order valence-electron chi connectivity index (χ4n) is 2.42. The summed E-state index contributed by atoms with van der Waals surface area (Å²) in [5.41, 5.74) is 1.08. The first-order chi connectivity index (χ1) is 13.0.